The largest absolute Gasteiger partial charge is 0.399 e. The summed E-state index contributed by atoms with van der Waals surface area (Å²) in [6.45, 7) is 6.93. The van der Waals surface area contributed by atoms with E-state index >= 15 is 0 Å². The van der Waals surface area contributed by atoms with Gasteiger partial charge in [-0.3, -0.25) is 0 Å². The first-order chi connectivity index (χ1) is 8.15. The third-order valence-electron chi connectivity index (χ3n) is 2.66. The van der Waals surface area contributed by atoms with Crippen molar-refractivity contribution in [2.75, 3.05) is 31.1 Å². The molecular weight excluding hydrogens is 232 g/mol. The fourth-order valence-corrected chi connectivity index (χ4v) is 2.51. The molecule has 3 N–H and O–H groups in total. The quantitative estimate of drug-likeness (QED) is 0.578. The van der Waals surface area contributed by atoms with E-state index in [1.165, 1.54) is 0 Å². The molecular formula is C13H22N2OS. The Morgan fingerprint density at radius 2 is 2.06 bits per heavy atom. The van der Waals surface area contributed by atoms with Crippen molar-refractivity contribution >= 4 is 17.4 Å². The maximum atomic E-state index is 9.92. The summed E-state index contributed by atoms with van der Waals surface area (Å²) in [6.07, 6.45) is -0.290. The van der Waals surface area contributed by atoms with Crippen LogP contribution in [0.2, 0.25) is 0 Å². The second kappa shape index (κ2) is 7.58. The molecule has 0 amide bonds. The third-order valence-corrected chi connectivity index (χ3v) is 3.80. The zero-order chi connectivity index (χ0) is 12.7. The van der Waals surface area contributed by atoms with Gasteiger partial charge in [0.2, 0.25) is 0 Å². The van der Waals surface area contributed by atoms with E-state index in [2.05, 4.69) is 18.7 Å². The fraction of sp³-hybridized carbons (Fsp3) is 0.538. The monoisotopic (exact) mass is 254 g/mol. The Morgan fingerprint density at radius 3 is 2.65 bits per heavy atom. The predicted octanol–water partition coefficient (Wildman–Crippen LogP) is 2.06. The van der Waals surface area contributed by atoms with Crippen molar-refractivity contribution in [3.63, 3.8) is 0 Å². The number of thioether (sulfide) groups is 1. The SMILES string of the molecule is CCN(CC)CC(O)CSc1cccc(N)c1. The van der Waals surface area contributed by atoms with Gasteiger partial charge in [-0.05, 0) is 31.3 Å². The topological polar surface area (TPSA) is 49.5 Å². The lowest BCUT2D eigenvalue weighted by Crippen LogP contribution is -2.33. The highest BCUT2D eigenvalue weighted by Crippen LogP contribution is 2.21. The van der Waals surface area contributed by atoms with E-state index < -0.39 is 0 Å². The van der Waals surface area contributed by atoms with Gasteiger partial charge in [-0.2, -0.15) is 0 Å². The van der Waals surface area contributed by atoms with Crippen LogP contribution < -0.4 is 5.73 Å². The van der Waals surface area contributed by atoms with Gasteiger partial charge >= 0.3 is 0 Å². The fourth-order valence-electron chi connectivity index (χ4n) is 1.63. The molecule has 96 valence electrons. The molecule has 1 aromatic carbocycles. The molecule has 0 aromatic heterocycles. The second-order valence-corrected chi connectivity index (χ2v) is 5.12. The summed E-state index contributed by atoms with van der Waals surface area (Å²) in [5.41, 5.74) is 6.48. The van der Waals surface area contributed by atoms with Crippen LogP contribution in [-0.2, 0) is 0 Å². The van der Waals surface area contributed by atoms with Gasteiger partial charge in [0.25, 0.3) is 0 Å². The van der Waals surface area contributed by atoms with Crippen molar-refractivity contribution in [1.82, 2.24) is 4.90 Å². The predicted molar refractivity (Wildman–Crippen MR) is 75.4 cm³/mol. The van der Waals surface area contributed by atoms with Gasteiger partial charge in [0.05, 0.1) is 6.10 Å². The Hall–Kier alpha value is -0.710. The van der Waals surface area contributed by atoms with E-state index in [0.29, 0.717) is 5.75 Å². The lowest BCUT2D eigenvalue weighted by Gasteiger charge is -2.21. The van der Waals surface area contributed by atoms with Crippen molar-refractivity contribution in [2.24, 2.45) is 0 Å². The normalized spacial score (nSPS) is 12.9. The lowest BCUT2D eigenvalue weighted by atomic mass is 10.3. The number of hydrogen-bond donors (Lipinski definition) is 2. The van der Waals surface area contributed by atoms with Gasteiger partial charge in [-0.15, -0.1) is 11.8 Å². The molecule has 0 aliphatic heterocycles. The molecule has 0 aliphatic rings. The van der Waals surface area contributed by atoms with Crippen LogP contribution >= 0.6 is 11.8 Å². The van der Waals surface area contributed by atoms with Gasteiger partial charge < -0.3 is 15.7 Å². The molecule has 1 aromatic rings. The molecule has 0 bridgehead atoms. The molecule has 0 radical (unpaired) electrons. The minimum atomic E-state index is -0.290. The van der Waals surface area contributed by atoms with Crippen LogP contribution in [-0.4, -0.2) is 41.5 Å². The van der Waals surface area contributed by atoms with Crippen molar-refractivity contribution in [1.29, 1.82) is 0 Å². The van der Waals surface area contributed by atoms with Crippen LogP contribution in [0.25, 0.3) is 0 Å². The minimum Gasteiger partial charge on any atom is -0.399 e. The summed E-state index contributed by atoms with van der Waals surface area (Å²) in [6, 6.07) is 7.77. The molecule has 1 atom stereocenters. The average molecular weight is 254 g/mol. The Morgan fingerprint density at radius 1 is 1.35 bits per heavy atom. The lowest BCUT2D eigenvalue weighted by molar-refractivity contribution is 0.137. The molecule has 0 saturated carbocycles. The summed E-state index contributed by atoms with van der Waals surface area (Å²) in [5, 5.41) is 9.92. The number of nitrogens with zero attached hydrogens (tertiary/aromatic N) is 1. The van der Waals surface area contributed by atoms with Crippen LogP contribution in [0, 0.1) is 0 Å². The highest BCUT2D eigenvalue weighted by Gasteiger charge is 2.09. The maximum Gasteiger partial charge on any atom is 0.0760 e. The van der Waals surface area contributed by atoms with E-state index in [9.17, 15) is 5.11 Å². The van der Waals surface area contributed by atoms with Gasteiger partial charge in [0.15, 0.2) is 0 Å². The van der Waals surface area contributed by atoms with Crippen molar-refractivity contribution < 1.29 is 5.11 Å². The number of likely N-dealkylation sites (N-methyl/N-ethyl adjacent to an activating group) is 1. The third kappa shape index (κ3) is 5.44. The Labute approximate surface area is 108 Å². The van der Waals surface area contributed by atoms with Crippen LogP contribution in [0.4, 0.5) is 5.69 Å². The number of hydrogen-bond acceptors (Lipinski definition) is 4. The molecule has 4 heteroatoms. The average Bonchev–Trinajstić information content (AvgIpc) is 2.33. The molecule has 0 heterocycles. The highest BCUT2D eigenvalue weighted by molar-refractivity contribution is 7.99. The molecule has 1 unspecified atom stereocenters. The molecule has 3 nitrogen and oxygen atoms in total. The van der Waals surface area contributed by atoms with E-state index in [4.69, 9.17) is 5.73 Å². The van der Waals surface area contributed by atoms with Crippen LogP contribution in [0.3, 0.4) is 0 Å². The van der Waals surface area contributed by atoms with Crippen molar-refractivity contribution in [2.45, 2.75) is 24.8 Å². The number of rotatable bonds is 7. The van der Waals surface area contributed by atoms with Crippen molar-refractivity contribution in [3.05, 3.63) is 24.3 Å². The first kappa shape index (κ1) is 14.4. The smallest absolute Gasteiger partial charge is 0.0760 e. The van der Waals surface area contributed by atoms with Crippen molar-refractivity contribution in [3.8, 4) is 0 Å². The van der Waals surface area contributed by atoms with E-state index in [0.717, 1.165) is 30.2 Å². The second-order valence-electron chi connectivity index (χ2n) is 4.02. The van der Waals surface area contributed by atoms with E-state index in [1.54, 1.807) is 11.8 Å². The number of anilines is 1. The highest BCUT2D eigenvalue weighted by atomic mass is 32.2. The summed E-state index contributed by atoms with van der Waals surface area (Å²) in [5.74, 6) is 0.708. The minimum absolute atomic E-state index is 0.290. The summed E-state index contributed by atoms with van der Waals surface area (Å²) >= 11 is 1.65. The first-order valence-corrected chi connectivity index (χ1v) is 7.03. The molecule has 1 rings (SSSR count). The molecule has 0 saturated heterocycles. The zero-order valence-corrected chi connectivity index (χ0v) is 11.4. The first-order valence-electron chi connectivity index (χ1n) is 6.04. The summed E-state index contributed by atoms with van der Waals surface area (Å²) < 4.78 is 0. The van der Waals surface area contributed by atoms with Crippen LogP contribution in [0.5, 0.6) is 0 Å². The van der Waals surface area contributed by atoms with E-state index in [-0.39, 0.29) is 6.10 Å². The molecule has 0 aliphatic carbocycles. The zero-order valence-electron chi connectivity index (χ0n) is 10.6. The van der Waals surface area contributed by atoms with Gasteiger partial charge in [-0.1, -0.05) is 19.9 Å². The Bertz CT molecular complexity index is 329. The molecule has 0 fully saturated rings. The van der Waals surface area contributed by atoms with E-state index in [1.807, 2.05) is 24.3 Å². The molecule has 17 heavy (non-hydrogen) atoms. The molecule has 0 spiro atoms. The Balaban J connectivity index is 2.35. The summed E-state index contributed by atoms with van der Waals surface area (Å²) in [4.78, 5) is 3.34. The van der Waals surface area contributed by atoms with Gasteiger partial charge in [0, 0.05) is 22.9 Å². The Kier molecular flexibility index (Phi) is 6.40. The number of aliphatic hydroxyl groups excluding tert-OH is 1. The van der Waals surface area contributed by atoms with Crippen LogP contribution in [0.15, 0.2) is 29.2 Å². The van der Waals surface area contributed by atoms with Gasteiger partial charge in [0.1, 0.15) is 0 Å². The van der Waals surface area contributed by atoms with Gasteiger partial charge in [-0.25, -0.2) is 0 Å². The maximum absolute atomic E-state index is 9.92. The number of nitrogen functional groups attached to an aromatic ring is 1. The number of nitrogens with two attached hydrogens (primary N) is 1. The van der Waals surface area contributed by atoms with Crippen LogP contribution in [0.1, 0.15) is 13.8 Å². The summed E-state index contributed by atoms with van der Waals surface area (Å²) in [7, 11) is 0. The number of benzene rings is 1. The number of aliphatic hydroxyl groups is 1. The standard InChI is InChI=1S/C13H22N2OS/c1-3-15(4-2)9-12(16)10-17-13-7-5-6-11(14)8-13/h5-8,12,16H,3-4,9-10,14H2,1-2H3.